The number of halogens is 1. The van der Waals surface area contributed by atoms with Crippen molar-refractivity contribution in [3.63, 3.8) is 0 Å². The standard InChI is InChI=1S/C18H22FN3O2/c1-13-17(12-20-22(13)16-6-4-14(19)5-7-16)18(24)21(15-8-9-15)10-2-3-11-23/h4-7,12,15,23H,2-3,8-11H2,1H3. The van der Waals surface area contributed by atoms with E-state index in [-0.39, 0.29) is 18.3 Å². The average Bonchev–Trinajstić information content (AvgIpc) is 3.34. The fraction of sp³-hybridized carbons (Fsp3) is 0.444. The fourth-order valence-corrected chi connectivity index (χ4v) is 2.85. The molecule has 0 atom stereocenters. The Labute approximate surface area is 140 Å². The van der Waals surface area contributed by atoms with Crippen LogP contribution in [0.25, 0.3) is 5.69 Å². The van der Waals surface area contributed by atoms with Gasteiger partial charge in [-0.2, -0.15) is 5.10 Å². The lowest BCUT2D eigenvalue weighted by atomic mass is 10.2. The number of hydrogen-bond donors (Lipinski definition) is 1. The Bertz CT molecular complexity index is 708. The molecule has 1 N–H and O–H groups in total. The topological polar surface area (TPSA) is 58.4 Å². The zero-order valence-electron chi connectivity index (χ0n) is 13.8. The third-order valence-electron chi connectivity index (χ3n) is 4.37. The second-order valence-electron chi connectivity index (χ2n) is 6.19. The molecule has 1 aromatic carbocycles. The Morgan fingerprint density at radius 2 is 2.04 bits per heavy atom. The highest BCUT2D eigenvalue weighted by atomic mass is 19.1. The number of aliphatic hydroxyl groups excluding tert-OH is 1. The van der Waals surface area contributed by atoms with Gasteiger partial charge in [0, 0.05) is 19.2 Å². The van der Waals surface area contributed by atoms with E-state index in [1.54, 1.807) is 23.0 Å². The van der Waals surface area contributed by atoms with Crippen LogP contribution in [0.3, 0.4) is 0 Å². The van der Waals surface area contributed by atoms with Gasteiger partial charge in [0.25, 0.3) is 5.91 Å². The highest BCUT2D eigenvalue weighted by molar-refractivity contribution is 5.95. The lowest BCUT2D eigenvalue weighted by Gasteiger charge is -2.22. The molecular formula is C18H22FN3O2. The second-order valence-corrected chi connectivity index (χ2v) is 6.19. The number of aliphatic hydroxyl groups is 1. The maximum absolute atomic E-state index is 13.1. The number of nitrogens with zero attached hydrogens (tertiary/aromatic N) is 3. The monoisotopic (exact) mass is 331 g/mol. The van der Waals surface area contributed by atoms with Crippen molar-refractivity contribution >= 4 is 5.91 Å². The molecule has 0 saturated heterocycles. The van der Waals surface area contributed by atoms with Gasteiger partial charge < -0.3 is 10.0 Å². The Morgan fingerprint density at radius 3 is 2.67 bits per heavy atom. The number of aromatic nitrogens is 2. The van der Waals surface area contributed by atoms with Crippen LogP contribution in [0, 0.1) is 12.7 Å². The maximum atomic E-state index is 13.1. The van der Waals surface area contributed by atoms with Gasteiger partial charge in [-0.1, -0.05) is 0 Å². The van der Waals surface area contributed by atoms with E-state index in [9.17, 15) is 9.18 Å². The molecule has 1 fully saturated rings. The predicted octanol–water partition coefficient (Wildman–Crippen LogP) is 2.70. The molecule has 1 heterocycles. The van der Waals surface area contributed by atoms with Crippen molar-refractivity contribution in [3.05, 3.63) is 47.5 Å². The van der Waals surface area contributed by atoms with Crippen LogP contribution in [0.15, 0.2) is 30.5 Å². The Morgan fingerprint density at radius 1 is 1.33 bits per heavy atom. The molecule has 1 aliphatic carbocycles. The van der Waals surface area contributed by atoms with E-state index in [0.29, 0.717) is 24.6 Å². The van der Waals surface area contributed by atoms with E-state index in [1.807, 2.05) is 11.8 Å². The Hall–Kier alpha value is -2.21. The fourth-order valence-electron chi connectivity index (χ4n) is 2.85. The molecule has 3 rings (SSSR count). The number of amides is 1. The molecule has 24 heavy (non-hydrogen) atoms. The summed E-state index contributed by atoms with van der Waals surface area (Å²) in [4.78, 5) is 14.8. The van der Waals surface area contributed by atoms with Crippen molar-refractivity contribution in [2.45, 2.75) is 38.6 Å². The summed E-state index contributed by atoms with van der Waals surface area (Å²) in [6.07, 6.45) is 5.16. The molecule has 6 heteroatoms. The average molecular weight is 331 g/mol. The lowest BCUT2D eigenvalue weighted by molar-refractivity contribution is 0.0736. The summed E-state index contributed by atoms with van der Waals surface area (Å²) >= 11 is 0. The molecule has 1 aliphatic rings. The third-order valence-corrected chi connectivity index (χ3v) is 4.37. The number of hydrogen-bond acceptors (Lipinski definition) is 3. The first kappa shape index (κ1) is 16.6. The molecule has 1 saturated carbocycles. The van der Waals surface area contributed by atoms with Crippen molar-refractivity contribution < 1.29 is 14.3 Å². The van der Waals surface area contributed by atoms with E-state index >= 15 is 0 Å². The summed E-state index contributed by atoms with van der Waals surface area (Å²) in [5.74, 6) is -0.315. The summed E-state index contributed by atoms with van der Waals surface area (Å²) in [7, 11) is 0. The van der Waals surface area contributed by atoms with E-state index in [2.05, 4.69) is 5.10 Å². The lowest BCUT2D eigenvalue weighted by Crippen LogP contribution is -2.34. The summed E-state index contributed by atoms with van der Waals surface area (Å²) in [6.45, 7) is 2.65. The molecule has 128 valence electrons. The van der Waals surface area contributed by atoms with Gasteiger partial charge in [0.05, 0.1) is 23.1 Å². The Balaban J connectivity index is 1.80. The zero-order valence-corrected chi connectivity index (χ0v) is 13.8. The first-order valence-electron chi connectivity index (χ1n) is 8.34. The van der Waals surface area contributed by atoms with Crippen molar-refractivity contribution in [3.8, 4) is 5.69 Å². The van der Waals surface area contributed by atoms with Gasteiger partial charge in [-0.15, -0.1) is 0 Å². The largest absolute Gasteiger partial charge is 0.396 e. The van der Waals surface area contributed by atoms with E-state index < -0.39 is 0 Å². The van der Waals surface area contributed by atoms with Crippen LogP contribution in [-0.4, -0.2) is 44.9 Å². The number of benzene rings is 1. The van der Waals surface area contributed by atoms with Crippen LogP contribution in [0.2, 0.25) is 0 Å². The van der Waals surface area contributed by atoms with Gasteiger partial charge in [-0.05, 0) is 56.9 Å². The first-order valence-corrected chi connectivity index (χ1v) is 8.34. The number of carbonyl (C=O) groups excluding carboxylic acids is 1. The smallest absolute Gasteiger partial charge is 0.257 e. The van der Waals surface area contributed by atoms with E-state index in [0.717, 1.165) is 30.6 Å². The van der Waals surface area contributed by atoms with Crippen molar-refractivity contribution in [1.82, 2.24) is 14.7 Å². The van der Waals surface area contributed by atoms with Crippen LogP contribution in [0.1, 0.15) is 41.7 Å². The maximum Gasteiger partial charge on any atom is 0.257 e. The molecule has 1 amide bonds. The van der Waals surface area contributed by atoms with Crippen molar-refractivity contribution in [1.29, 1.82) is 0 Å². The van der Waals surface area contributed by atoms with Crippen LogP contribution in [0.5, 0.6) is 0 Å². The summed E-state index contributed by atoms with van der Waals surface area (Å²) in [5, 5.41) is 13.2. The van der Waals surface area contributed by atoms with E-state index in [1.165, 1.54) is 12.1 Å². The normalized spacial score (nSPS) is 14.0. The molecular weight excluding hydrogens is 309 g/mol. The van der Waals surface area contributed by atoms with Gasteiger partial charge >= 0.3 is 0 Å². The molecule has 0 bridgehead atoms. The second kappa shape index (κ2) is 7.13. The van der Waals surface area contributed by atoms with Crippen LogP contribution in [-0.2, 0) is 0 Å². The van der Waals surface area contributed by atoms with Crippen molar-refractivity contribution in [2.24, 2.45) is 0 Å². The Kier molecular flexibility index (Phi) is 4.94. The summed E-state index contributed by atoms with van der Waals surface area (Å²) in [5.41, 5.74) is 2.06. The first-order chi connectivity index (χ1) is 11.6. The van der Waals surface area contributed by atoms with Crippen LogP contribution in [0.4, 0.5) is 4.39 Å². The SMILES string of the molecule is Cc1c(C(=O)N(CCCCO)C2CC2)cnn1-c1ccc(F)cc1. The van der Waals surface area contributed by atoms with Crippen LogP contribution >= 0.6 is 0 Å². The quantitative estimate of drug-likeness (QED) is 0.794. The van der Waals surface area contributed by atoms with Gasteiger partial charge in [0.15, 0.2) is 0 Å². The van der Waals surface area contributed by atoms with E-state index in [4.69, 9.17) is 5.11 Å². The minimum atomic E-state index is -0.302. The molecule has 2 aromatic rings. The molecule has 0 aliphatic heterocycles. The highest BCUT2D eigenvalue weighted by Gasteiger charge is 2.33. The minimum Gasteiger partial charge on any atom is -0.396 e. The third kappa shape index (κ3) is 3.48. The minimum absolute atomic E-state index is 0.0127. The molecule has 0 radical (unpaired) electrons. The molecule has 0 spiro atoms. The molecule has 0 unspecified atom stereocenters. The molecule has 5 nitrogen and oxygen atoms in total. The van der Waals surface area contributed by atoms with Gasteiger partial charge in [0.2, 0.25) is 0 Å². The summed E-state index contributed by atoms with van der Waals surface area (Å²) < 4.78 is 14.7. The summed E-state index contributed by atoms with van der Waals surface area (Å²) in [6, 6.07) is 6.35. The van der Waals surface area contributed by atoms with Crippen LogP contribution < -0.4 is 0 Å². The zero-order chi connectivity index (χ0) is 17.1. The van der Waals surface area contributed by atoms with Gasteiger partial charge in [-0.3, -0.25) is 4.79 Å². The van der Waals surface area contributed by atoms with Gasteiger partial charge in [0.1, 0.15) is 5.82 Å². The number of rotatable bonds is 7. The number of carbonyl (C=O) groups is 1. The predicted molar refractivity (Wildman–Crippen MR) is 88.6 cm³/mol. The highest BCUT2D eigenvalue weighted by Crippen LogP contribution is 2.29. The molecule has 1 aromatic heterocycles. The number of unbranched alkanes of at least 4 members (excludes halogenated alkanes) is 1. The van der Waals surface area contributed by atoms with Gasteiger partial charge in [-0.25, -0.2) is 9.07 Å². The van der Waals surface area contributed by atoms with Crippen molar-refractivity contribution in [2.75, 3.05) is 13.2 Å².